The van der Waals surface area contributed by atoms with Gasteiger partial charge in [-0.2, -0.15) is 5.11 Å². The van der Waals surface area contributed by atoms with Crippen LogP contribution in [0.25, 0.3) is 0 Å². The van der Waals surface area contributed by atoms with Gasteiger partial charge in [-0.3, -0.25) is 0 Å². The van der Waals surface area contributed by atoms with Crippen molar-refractivity contribution in [1.29, 1.82) is 10.9 Å². The maximum Gasteiger partial charge on any atom is 0.105 e. The van der Waals surface area contributed by atoms with Gasteiger partial charge in [-0.15, -0.1) is 0 Å². The molecule has 0 saturated carbocycles. The normalized spacial score (nSPS) is 12.9. The predicted molar refractivity (Wildman–Crippen MR) is 28.0 cm³/mol. The number of rotatable bonds is 2. The lowest BCUT2D eigenvalue weighted by Gasteiger charge is -1.95. The zero-order chi connectivity index (χ0) is 5.86. The first-order valence-electron chi connectivity index (χ1n) is 2.10. The molecule has 40 valence electrons. The van der Waals surface area contributed by atoms with Crippen LogP contribution in [0.5, 0.6) is 0 Å². The first-order chi connectivity index (χ1) is 3.18. The Kier molecular flexibility index (Phi) is 2.19. The van der Waals surface area contributed by atoms with E-state index in [1.165, 1.54) is 0 Å². The zero-order valence-corrected chi connectivity index (χ0v) is 4.52. The molecule has 0 radical (unpaired) electrons. The molecule has 3 nitrogen and oxygen atoms in total. The first kappa shape index (κ1) is 6.27. The third-order valence-corrected chi connectivity index (χ3v) is 0.820. The highest BCUT2D eigenvalue weighted by atomic mass is 15.0. The molecule has 0 fully saturated rings. The zero-order valence-electron chi connectivity index (χ0n) is 4.52. The Bertz CT molecular complexity index is 86.9. The van der Waals surface area contributed by atoms with E-state index in [1.54, 1.807) is 13.8 Å². The van der Waals surface area contributed by atoms with E-state index in [-0.39, 0.29) is 6.04 Å². The van der Waals surface area contributed by atoms with Crippen LogP contribution in [0.3, 0.4) is 0 Å². The second-order valence-electron chi connectivity index (χ2n) is 1.49. The van der Waals surface area contributed by atoms with Gasteiger partial charge in [-0.05, 0) is 13.8 Å². The van der Waals surface area contributed by atoms with E-state index < -0.39 is 0 Å². The molecule has 0 unspecified atom stereocenters. The molecule has 0 saturated heterocycles. The van der Waals surface area contributed by atoms with Crippen LogP contribution in [-0.2, 0) is 0 Å². The van der Waals surface area contributed by atoms with Gasteiger partial charge in [0.1, 0.15) is 6.04 Å². The summed E-state index contributed by atoms with van der Waals surface area (Å²) >= 11 is 0. The van der Waals surface area contributed by atoms with Gasteiger partial charge in [0.15, 0.2) is 0 Å². The summed E-state index contributed by atoms with van der Waals surface area (Å²) in [5, 5.41) is 10.0. The molecule has 0 bridgehead atoms. The van der Waals surface area contributed by atoms with Crippen molar-refractivity contribution < 1.29 is 0 Å². The van der Waals surface area contributed by atoms with Gasteiger partial charge in [-0.25, -0.2) is 5.53 Å². The van der Waals surface area contributed by atoms with Crippen molar-refractivity contribution in [1.82, 2.24) is 0 Å². The lowest BCUT2D eigenvalue weighted by Crippen LogP contribution is -2.06. The van der Waals surface area contributed by atoms with E-state index in [9.17, 15) is 0 Å². The Balaban J connectivity index is 3.55. The highest BCUT2D eigenvalue weighted by molar-refractivity contribution is 5.83. The molecule has 0 aromatic rings. The van der Waals surface area contributed by atoms with Crippen molar-refractivity contribution >= 4 is 5.71 Å². The molecule has 0 aromatic heterocycles. The molecule has 0 aliphatic rings. The lowest BCUT2D eigenvalue weighted by atomic mass is 10.2. The minimum absolute atomic E-state index is 0.222. The number of nitrogens with zero attached hydrogens (tertiary/aromatic N) is 1. The van der Waals surface area contributed by atoms with Gasteiger partial charge >= 0.3 is 0 Å². The van der Waals surface area contributed by atoms with Gasteiger partial charge in [-0.1, -0.05) is 0 Å². The molecule has 7 heavy (non-hydrogen) atoms. The molecular formula is C4H9N3. The SMILES string of the molecule is CC(=N)[C@H](C)N=N. The Labute approximate surface area is 42.8 Å². The van der Waals surface area contributed by atoms with Crippen LogP contribution in [-0.4, -0.2) is 11.8 Å². The summed E-state index contributed by atoms with van der Waals surface area (Å²) in [5.74, 6) is 0. The highest BCUT2D eigenvalue weighted by Gasteiger charge is 1.96. The largest absolute Gasteiger partial charge is 0.308 e. The summed E-state index contributed by atoms with van der Waals surface area (Å²) in [7, 11) is 0. The molecule has 0 spiro atoms. The van der Waals surface area contributed by atoms with Crippen LogP contribution >= 0.6 is 0 Å². The van der Waals surface area contributed by atoms with Crippen LogP contribution in [0.4, 0.5) is 0 Å². The number of hydrogen-bond donors (Lipinski definition) is 2. The van der Waals surface area contributed by atoms with Crippen molar-refractivity contribution in [2.45, 2.75) is 19.9 Å². The fourth-order valence-electron chi connectivity index (χ4n) is 0.0968. The van der Waals surface area contributed by atoms with E-state index in [4.69, 9.17) is 10.9 Å². The number of nitrogens with one attached hydrogen (secondary N) is 2. The molecule has 0 aliphatic carbocycles. The van der Waals surface area contributed by atoms with E-state index in [2.05, 4.69) is 5.11 Å². The second-order valence-corrected chi connectivity index (χ2v) is 1.49. The van der Waals surface area contributed by atoms with Gasteiger partial charge in [0.05, 0.1) is 0 Å². The van der Waals surface area contributed by atoms with E-state index in [1.807, 2.05) is 0 Å². The summed E-state index contributed by atoms with van der Waals surface area (Å²) in [5.41, 5.74) is 6.86. The van der Waals surface area contributed by atoms with Crippen molar-refractivity contribution in [3.05, 3.63) is 0 Å². The van der Waals surface area contributed by atoms with Crippen molar-refractivity contribution in [2.75, 3.05) is 0 Å². The Morgan fingerprint density at radius 2 is 2.14 bits per heavy atom. The molecule has 2 N–H and O–H groups in total. The monoisotopic (exact) mass is 99.1 g/mol. The highest BCUT2D eigenvalue weighted by Crippen LogP contribution is 1.87. The molecule has 0 rings (SSSR count). The summed E-state index contributed by atoms with van der Waals surface area (Å²) in [4.78, 5) is 0. The molecule has 0 amide bonds. The smallest absolute Gasteiger partial charge is 0.105 e. The quantitative estimate of drug-likeness (QED) is 0.389. The van der Waals surface area contributed by atoms with Crippen molar-refractivity contribution in [3.8, 4) is 0 Å². The molecule has 0 aliphatic heterocycles. The lowest BCUT2D eigenvalue weighted by molar-refractivity contribution is 0.841. The predicted octanol–water partition coefficient (Wildman–Crippen LogP) is 1.45. The number of hydrogen-bond acceptors (Lipinski definition) is 3. The molecular weight excluding hydrogens is 90.1 g/mol. The van der Waals surface area contributed by atoms with Gasteiger partial charge in [0.2, 0.25) is 0 Å². The van der Waals surface area contributed by atoms with Crippen LogP contribution in [0.15, 0.2) is 5.11 Å². The third-order valence-electron chi connectivity index (χ3n) is 0.820. The fourth-order valence-corrected chi connectivity index (χ4v) is 0.0968. The van der Waals surface area contributed by atoms with Crippen molar-refractivity contribution in [2.24, 2.45) is 5.11 Å². The standard InChI is InChI=1S/C4H9N3/c1-3(5)4(2)7-6/h4-6H,1-2H3/t4-/m0/s1. The van der Waals surface area contributed by atoms with Gasteiger partial charge in [0.25, 0.3) is 0 Å². The molecule has 1 atom stereocenters. The Morgan fingerprint density at radius 1 is 1.71 bits per heavy atom. The third kappa shape index (κ3) is 2.03. The van der Waals surface area contributed by atoms with E-state index in [0.29, 0.717) is 5.71 Å². The fraction of sp³-hybridized carbons (Fsp3) is 0.750. The Hall–Kier alpha value is -0.730. The summed E-state index contributed by atoms with van der Waals surface area (Å²) < 4.78 is 0. The van der Waals surface area contributed by atoms with Gasteiger partial charge < -0.3 is 5.41 Å². The summed E-state index contributed by atoms with van der Waals surface area (Å²) in [6.07, 6.45) is 0. The average molecular weight is 99.1 g/mol. The molecule has 0 aromatic carbocycles. The van der Waals surface area contributed by atoms with Crippen LogP contribution < -0.4 is 0 Å². The minimum Gasteiger partial charge on any atom is -0.308 e. The van der Waals surface area contributed by atoms with Gasteiger partial charge in [0, 0.05) is 5.71 Å². The summed E-state index contributed by atoms with van der Waals surface area (Å²) in [6.45, 7) is 3.36. The average Bonchev–Trinajstić information content (AvgIpc) is 1.65. The first-order valence-corrected chi connectivity index (χ1v) is 2.10. The summed E-state index contributed by atoms with van der Waals surface area (Å²) in [6, 6.07) is -0.222. The maximum atomic E-state index is 6.89. The maximum absolute atomic E-state index is 6.89. The van der Waals surface area contributed by atoms with E-state index in [0.717, 1.165) is 0 Å². The van der Waals surface area contributed by atoms with E-state index >= 15 is 0 Å². The molecule has 3 heteroatoms. The second kappa shape index (κ2) is 2.44. The Morgan fingerprint density at radius 3 is 2.14 bits per heavy atom. The molecule has 0 heterocycles. The van der Waals surface area contributed by atoms with Crippen LogP contribution in [0.1, 0.15) is 13.8 Å². The topological polar surface area (TPSA) is 60.1 Å². The minimum atomic E-state index is -0.222. The van der Waals surface area contributed by atoms with Crippen LogP contribution in [0, 0.1) is 10.9 Å². The van der Waals surface area contributed by atoms with Crippen LogP contribution in [0.2, 0.25) is 0 Å². The van der Waals surface area contributed by atoms with Crippen molar-refractivity contribution in [3.63, 3.8) is 0 Å².